The van der Waals surface area contributed by atoms with Crippen LogP contribution in [0.1, 0.15) is 52.9 Å². The topological polar surface area (TPSA) is 117 Å². The van der Waals surface area contributed by atoms with E-state index in [2.05, 4.69) is 15.4 Å². The summed E-state index contributed by atoms with van der Waals surface area (Å²) in [5, 5.41) is 7.22. The summed E-state index contributed by atoms with van der Waals surface area (Å²) in [7, 11) is 0. The lowest BCUT2D eigenvalue weighted by Crippen LogP contribution is -2.20. The van der Waals surface area contributed by atoms with Gasteiger partial charge in [0.15, 0.2) is 0 Å². The van der Waals surface area contributed by atoms with Gasteiger partial charge in [0.1, 0.15) is 17.0 Å². The van der Waals surface area contributed by atoms with E-state index in [0.29, 0.717) is 41.6 Å². The van der Waals surface area contributed by atoms with Crippen LogP contribution >= 0.6 is 0 Å². The Morgan fingerprint density at radius 2 is 2.14 bits per heavy atom. The molecule has 146 valence electrons. The average molecular weight is 382 g/mol. The fourth-order valence-corrected chi connectivity index (χ4v) is 3.57. The lowest BCUT2D eigenvalue weighted by atomic mass is 10.1. The Labute approximate surface area is 161 Å². The largest absolute Gasteiger partial charge is 0.491 e. The number of rotatable bonds is 4. The Balaban J connectivity index is 1.82. The fraction of sp³-hybridized carbons (Fsp3) is 0.368. The molecule has 9 heteroatoms. The summed E-state index contributed by atoms with van der Waals surface area (Å²) in [6.45, 7) is 6.89. The van der Waals surface area contributed by atoms with Crippen LogP contribution in [0.3, 0.4) is 0 Å². The lowest BCUT2D eigenvalue weighted by molar-refractivity contribution is 0.0995. The molecule has 0 aliphatic carbocycles. The van der Waals surface area contributed by atoms with Crippen LogP contribution in [0.4, 0.5) is 5.95 Å². The molecular formula is C19H22N6O3. The molecule has 0 fully saturated rings. The number of anilines is 1. The van der Waals surface area contributed by atoms with E-state index in [4.69, 9.17) is 10.5 Å². The maximum Gasteiger partial charge on any atom is 0.276 e. The van der Waals surface area contributed by atoms with Crippen LogP contribution in [0.25, 0.3) is 11.0 Å². The minimum Gasteiger partial charge on any atom is -0.491 e. The number of aromatic nitrogens is 4. The lowest BCUT2D eigenvalue weighted by Gasteiger charge is -2.15. The number of carbonyl (C=O) groups excluding carboxylic acids is 2. The highest BCUT2D eigenvalue weighted by atomic mass is 16.5. The minimum atomic E-state index is -0.554. The van der Waals surface area contributed by atoms with Crippen molar-refractivity contribution in [3.63, 3.8) is 0 Å². The molecule has 3 heterocycles. The van der Waals surface area contributed by atoms with Gasteiger partial charge in [-0.1, -0.05) is 0 Å². The van der Waals surface area contributed by atoms with Crippen molar-refractivity contribution < 1.29 is 14.3 Å². The molecule has 2 amide bonds. The van der Waals surface area contributed by atoms with E-state index < -0.39 is 5.91 Å². The second kappa shape index (κ2) is 6.66. The number of benzene rings is 1. The summed E-state index contributed by atoms with van der Waals surface area (Å²) in [5.41, 5.74) is 8.29. The summed E-state index contributed by atoms with van der Waals surface area (Å²) in [5.74, 6) is 0.102. The maximum atomic E-state index is 12.9. The van der Waals surface area contributed by atoms with Crippen molar-refractivity contribution in [1.29, 1.82) is 0 Å². The van der Waals surface area contributed by atoms with Gasteiger partial charge in [-0.25, -0.2) is 4.98 Å². The van der Waals surface area contributed by atoms with E-state index in [1.54, 1.807) is 22.9 Å². The molecule has 1 aromatic carbocycles. The number of imidazole rings is 1. The quantitative estimate of drug-likeness (QED) is 0.718. The Bertz CT molecular complexity index is 1100. The van der Waals surface area contributed by atoms with Gasteiger partial charge in [-0.2, -0.15) is 5.10 Å². The molecular weight excluding hydrogens is 360 g/mol. The van der Waals surface area contributed by atoms with Crippen molar-refractivity contribution in [2.24, 2.45) is 5.73 Å². The van der Waals surface area contributed by atoms with Crippen molar-refractivity contribution in [3.05, 3.63) is 35.2 Å². The van der Waals surface area contributed by atoms with E-state index in [0.717, 1.165) is 17.6 Å². The van der Waals surface area contributed by atoms with Crippen molar-refractivity contribution in [1.82, 2.24) is 19.3 Å². The van der Waals surface area contributed by atoms with Crippen molar-refractivity contribution in [3.8, 4) is 5.75 Å². The Morgan fingerprint density at radius 1 is 1.36 bits per heavy atom. The number of nitrogens with one attached hydrogen (secondary N) is 1. The molecule has 2 aromatic heterocycles. The van der Waals surface area contributed by atoms with E-state index in [9.17, 15) is 9.59 Å². The smallest absolute Gasteiger partial charge is 0.276 e. The van der Waals surface area contributed by atoms with Gasteiger partial charge in [0.2, 0.25) is 11.9 Å². The average Bonchev–Trinajstić information content (AvgIpc) is 3.15. The molecule has 0 bridgehead atoms. The Morgan fingerprint density at radius 3 is 2.86 bits per heavy atom. The van der Waals surface area contributed by atoms with Crippen LogP contribution < -0.4 is 15.8 Å². The van der Waals surface area contributed by atoms with Crippen molar-refractivity contribution in [2.75, 3.05) is 11.9 Å². The fourth-order valence-electron chi connectivity index (χ4n) is 3.57. The molecule has 0 spiro atoms. The molecule has 1 atom stereocenters. The molecule has 3 N–H and O–H groups in total. The highest BCUT2D eigenvalue weighted by molar-refractivity contribution is 6.04. The first-order valence-electron chi connectivity index (χ1n) is 9.23. The monoisotopic (exact) mass is 382 g/mol. The van der Waals surface area contributed by atoms with E-state index in [1.165, 1.54) is 0 Å². The third-order valence-corrected chi connectivity index (χ3v) is 4.93. The molecule has 0 saturated heterocycles. The molecule has 3 aromatic rings. The Kier molecular flexibility index (Phi) is 4.29. The molecule has 1 aliphatic heterocycles. The summed E-state index contributed by atoms with van der Waals surface area (Å²) in [6.07, 6.45) is 0.737. The molecule has 28 heavy (non-hydrogen) atoms. The zero-order valence-electron chi connectivity index (χ0n) is 16.0. The highest BCUT2D eigenvalue weighted by Crippen LogP contribution is 2.36. The molecule has 1 aliphatic rings. The third kappa shape index (κ3) is 2.88. The first kappa shape index (κ1) is 18.0. The molecule has 0 radical (unpaired) electrons. The number of primary amides is 1. The molecule has 4 rings (SSSR count). The second-order valence-electron chi connectivity index (χ2n) is 6.94. The molecule has 0 unspecified atom stereocenters. The van der Waals surface area contributed by atoms with E-state index in [1.807, 2.05) is 25.3 Å². The zero-order valence-corrected chi connectivity index (χ0v) is 16.0. The first-order valence-corrected chi connectivity index (χ1v) is 9.23. The second-order valence-corrected chi connectivity index (χ2v) is 6.94. The summed E-state index contributed by atoms with van der Waals surface area (Å²) < 4.78 is 9.43. The third-order valence-electron chi connectivity index (χ3n) is 4.93. The summed E-state index contributed by atoms with van der Waals surface area (Å²) in [4.78, 5) is 29.1. The van der Waals surface area contributed by atoms with Gasteiger partial charge in [0.05, 0.1) is 17.8 Å². The van der Waals surface area contributed by atoms with Gasteiger partial charge in [-0.3, -0.25) is 19.6 Å². The highest BCUT2D eigenvalue weighted by Gasteiger charge is 2.26. The van der Waals surface area contributed by atoms with Crippen LogP contribution in [0.2, 0.25) is 0 Å². The van der Waals surface area contributed by atoms with Crippen molar-refractivity contribution in [2.45, 2.75) is 39.8 Å². The number of nitrogens with zero attached hydrogens (tertiary/aromatic N) is 4. The summed E-state index contributed by atoms with van der Waals surface area (Å²) in [6, 6.07) is 5.04. The predicted molar refractivity (Wildman–Crippen MR) is 104 cm³/mol. The van der Waals surface area contributed by atoms with Crippen LogP contribution in [-0.4, -0.2) is 37.8 Å². The number of hydrogen-bond acceptors (Lipinski definition) is 5. The number of carbonyl (C=O) groups is 2. The number of hydrogen-bond donors (Lipinski definition) is 2. The number of amides is 2. The number of ether oxygens (including phenoxy) is 1. The van der Waals surface area contributed by atoms with Gasteiger partial charge in [-0.05, 0) is 39.0 Å². The summed E-state index contributed by atoms with van der Waals surface area (Å²) >= 11 is 0. The number of nitrogens with two attached hydrogens (primary N) is 1. The predicted octanol–water partition coefficient (Wildman–Crippen LogP) is 2.26. The number of aryl methyl sites for hydroxylation is 2. The van der Waals surface area contributed by atoms with Gasteiger partial charge in [0.25, 0.3) is 5.91 Å². The van der Waals surface area contributed by atoms with Crippen LogP contribution in [0.15, 0.2) is 18.2 Å². The van der Waals surface area contributed by atoms with E-state index >= 15 is 0 Å². The minimum absolute atomic E-state index is 0.0544. The standard InChI is InChI=1S/C19H22N6O3/c1-4-24-14(7-10(2)23-24)18(27)22-19-21-13-8-12(17(20)26)9-15-16(13)25(19)11(3)5-6-28-15/h7-9,11H,4-6H2,1-3H3,(H2,20,26)(H,21,22,27)/t11-/m0/s1. The normalized spacial score (nSPS) is 15.9. The maximum absolute atomic E-state index is 12.9. The van der Waals surface area contributed by atoms with Crippen LogP contribution in [-0.2, 0) is 6.54 Å². The van der Waals surface area contributed by atoms with Crippen molar-refractivity contribution >= 4 is 28.8 Å². The van der Waals surface area contributed by atoms with E-state index in [-0.39, 0.29) is 11.9 Å². The van der Waals surface area contributed by atoms with Gasteiger partial charge < -0.3 is 15.0 Å². The molecule has 9 nitrogen and oxygen atoms in total. The Hall–Kier alpha value is -3.36. The first-order chi connectivity index (χ1) is 13.4. The van der Waals surface area contributed by atoms with Crippen LogP contribution in [0.5, 0.6) is 5.75 Å². The molecule has 0 saturated carbocycles. The van der Waals surface area contributed by atoms with Crippen LogP contribution in [0, 0.1) is 6.92 Å². The van der Waals surface area contributed by atoms with Gasteiger partial charge in [0, 0.05) is 24.6 Å². The zero-order chi connectivity index (χ0) is 20.0. The van der Waals surface area contributed by atoms with Gasteiger partial charge in [-0.15, -0.1) is 0 Å². The van der Waals surface area contributed by atoms with Gasteiger partial charge >= 0.3 is 0 Å². The SMILES string of the molecule is CCn1nc(C)cc1C(=O)Nc1nc2cc(C(N)=O)cc3c2n1[C@@H](C)CCO3.